The number of ether oxygens (including phenoxy) is 1. The molecule has 5 unspecified atom stereocenters. The second-order valence-electron chi connectivity index (χ2n) is 6.36. The number of imidazole rings is 2. The first kappa shape index (κ1) is 19.7. The van der Waals surface area contributed by atoms with Crippen molar-refractivity contribution in [3.8, 4) is 5.88 Å². The third kappa shape index (κ3) is 3.35. The fourth-order valence-corrected chi connectivity index (χ4v) is 4.17. The number of aliphatic hydroxyl groups is 2. The van der Waals surface area contributed by atoms with Crippen LogP contribution in [0, 0.1) is 6.92 Å². The molecule has 3 aromatic heterocycles. The summed E-state index contributed by atoms with van der Waals surface area (Å²) in [5.74, 6) is -0.720. The van der Waals surface area contributed by atoms with Gasteiger partial charge in [-0.1, -0.05) is 0 Å². The maximum absolute atomic E-state index is 12.4. The third-order valence-corrected chi connectivity index (χ3v) is 5.95. The largest absolute Gasteiger partial charge is 0.857 e. The van der Waals surface area contributed by atoms with Crippen LogP contribution in [-0.2, 0) is 13.8 Å². The lowest BCUT2D eigenvalue weighted by molar-refractivity contribution is -0.272. The van der Waals surface area contributed by atoms with Crippen molar-refractivity contribution in [2.45, 2.75) is 31.5 Å². The number of nitrogens with two attached hydrogens (primary N) is 1. The molecule has 0 bridgehead atoms. The number of aliphatic hydroxyl groups excluding tert-OH is 2. The van der Waals surface area contributed by atoms with E-state index in [1.54, 1.807) is 0 Å². The summed E-state index contributed by atoms with van der Waals surface area (Å²) < 4.78 is 25.2. The Bertz CT molecular complexity index is 1100. The number of hydrogen-bond donors (Lipinski definition) is 4. The zero-order valence-electron chi connectivity index (χ0n) is 14.9. The Kier molecular flexibility index (Phi) is 4.77. The normalized spacial score (nSPS) is 26.8. The van der Waals surface area contributed by atoms with Crippen LogP contribution in [0.1, 0.15) is 12.1 Å². The van der Waals surface area contributed by atoms with Crippen LogP contribution in [0.15, 0.2) is 18.7 Å². The number of anilines is 1. The number of aryl methyl sites for hydroxylation is 1. The van der Waals surface area contributed by atoms with Gasteiger partial charge in [-0.05, 0) is 6.92 Å². The van der Waals surface area contributed by atoms with Crippen LogP contribution in [0.5, 0.6) is 5.88 Å². The van der Waals surface area contributed by atoms with Crippen LogP contribution in [0.2, 0.25) is 0 Å². The van der Waals surface area contributed by atoms with E-state index in [9.17, 15) is 24.8 Å². The fraction of sp³-hybridized carbons (Fsp3) is 0.429. The average molecular weight is 426 g/mol. The Labute approximate surface area is 162 Å². The van der Waals surface area contributed by atoms with Crippen molar-refractivity contribution in [1.82, 2.24) is 28.8 Å². The molecular weight excluding hydrogens is 409 g/mol. The van der Waals surface area contributed by atoms with E-state index in [0.29, 0.717) is 0 Å². The van der Waals surface area contributed by atoms with Crippen molar-refractivity contribution in [2.24, 2.45) is 0 Å². The van der Waals surface area contributed by atoms with Gasteiger partial charge in [0.15, 0.2) is 11.9 Å². The van der Waals surface area contributed by atoms with Crippen LogP contribution in [0.3, 0.4) is 0 Å². The molecule has 0 saturated carbocycles. The maximum atomic E-state index is 12.4. The van der Waals surface area contributed by atoms with Crippen molar-refractivity contribution in [3.63, 3.8) is 0 Å². The molecule has 15 heteroatoms. The van der Waals surface area contributed by atoms with E-state index in [0.717, 1.165) is 4.34 Å². The summed E-state index contributed by atoms with van der Waals surface area (Å²) >= 11 is 0. The van der Waals surface area contributed by atoms with Gasteiger partial charge in [-0.25, -0.2) is 23.9 Å². The lowest BCUT2D eigenvalue weighted by atomic mass is 10.1. The van der Waals surface area contributed by atoms with Gasteiger partial charge in [-0.3, -0.25) is 9.09 Å². The van der Waals surface area contributed by atoms with Crippen LogP contribution in [0.4, 0.5) is 5.95 Å². The van der Waals surface area contributed by atoms with Crippen molar-refractivity contribution < 1.29 is 34.0 Å². The zero-order chi connectivity index (χ0) is 20.9. The fourth-order valence-electron chi connectivity index (χ4n) is 3.06. The van der Waals surface area contributed by atoms with E-state index in [1.165, 1.54) is 30.2 Å². The number of hydrogen-bond acceptors (Lipinski definition) is 11. The minimum Gasteiger partial charge on any atom is -0.857 e. The number of nitrogens with zero attached hydrogens (tertiary/aromatic N) is 6. The molecule has 1 fully saturated rings. The lowest BCUT2D eigenvalue weighted by Gasteiger charge is -2.19. The zero-order valence-corrected chi connectivity index (χ0v) is 15.8. The predicted molar refractivity (Wildman–Crippen MR) is 93.2 cm³/mol. The first-order valence-corrected chi connectivity index (χ1v) is 9.89. The van der Waals surface area contributed by atoms with Crippen LogP contribution < -0.4 is 10.8 Å². The first-order chi connectivity index (χ1) is 13.7. The minimum absolute atomic E-state index is 0.0159. The van der Waals surface area contributed by atoms with Crippen molar-refractivity contribution in [2.75, 3.05) is 12.3 Å². The highest BCUT2D eigenvalue weighted by molar-refractivity contribution is 7.51. The molecule has 5 atom stereocenters. The highest BCUT2D eigenvalue weighted by Gasteiger charge is 2.45. The van der Waals surface area contributed by atoms with Crippen LogP contribution in [0.25, 0.3) is 11.2 Å². The summed E-state index contributed by atoms with van der Waals surface area (Å²) in [6.45, 7) is 1.02. The minimum atomic E-state index is -4.28. The summed E-state index contributed by atoms with van der Waals surface area (Å²) in [5, 5.41) is 32.5. The van der Waals surface area contributed by atoms with Gasteiger partial charge in [0.2, 0.25) is 5.95 Å². The molecule has 1 aliphatic heterocycles. The number of aromatic nitrogens is 6. The Morgan fingerprint density at radius 3 is 2.79 bits per heavy atom. The molecule has 4 heterocycles. The summed E-state index contributed by atoms with van der Waals surface area (Å²) in [7, 11) is -4.28. The van der Waals surface area contributed by atoms with Gasteiger partial charge < -0.3 is 30.7 Å². The second kappa shape index (κ2) is 7.02. The van der Waals surface area contributed by atoms with Gasteiger partial charge in [-0.15, -0.1) is 0 Å². The molecule has 4 rings (SSSR count). The Morgan fingerprint density at radius 2 is 2.10 bits per heavy atom. The highest BCUT2D eigenvalue weighted by atomic mass is 31.2. The Morgan fingerprint density at radius 1 is 1.34 bits per heavy atom. The molecule has 0 aliphatic carbocycles. The van der Waals surface area contributed by atoms with Gasteiger partial charge in [0, 0.05) is 18.3 Å². The number of fused-ring (bicyclic) bond motifs is 1. The smallest absolute Gasteiger partial charge is 0.437 e. The molecule has 0 radical (unpaired) electrons. The first-order valence-electron chi connectivity index (χ1n) is 8.36. The summed E-state index contributed by atoms with van der Waals surface area (Å²) in [6, 6.07) is 0. The van der Waals surface area contributed by atoms with Gasteiger partial charge >= 0.3 is 7.75 Å². The Hall–Kier alpha value is -2.61. The molecule has 0 aromatic carbocycles. The van der Waals surface area contributed by atoms with Crippen LogP contribution >= 0.6 is 7.75 Å². The van der Waals surface area contributed by atoms with Crippen molar-refractivity contribution >= 4 is 24.9 Å². The van der Waals surface area contributed by atoms with E-state index in [1.807, 2.05) is 0 Å². The quantitative estimate of drug-likeness (QED) is 0.336. The number of nitrogen functional groups attached to an aromatic ring is 1. The van der Waals surface area contributed by atoms with Gasteiger partial charge in [0.25, 0.3) is 0 Å². The molecule has 14 nitrogen and oxygen atoms in total. The molecule has 1 aliphatic rings. The van der Waals surface area contributed by atoms with E-state index in [4.69, 9.17) is 15.0 Å². The van der Waals surface area contributed by atoms with E-state index in [2.05, 4.69) is 19.9 Å². The highest BCUT2D eigenvalue weighted by Crippen LogP contribution is 2.45. The molecule has 0 spiro atoms. The van der Waals surface area contributed by atoms with Crippen molar-refractivity contribution in [1.29, 1.82) is 0 Å². The summed E-state index contributed by atoms with van der Waals surface area (Å²) in [6.07, 6.45) is -1.44. The molecule has 3 aromatic rings. The molecule has 29 heavy (non-hydrogen) atoms. The van der Waals surface area contributed by atoms with E-state index >= 15 is 0 Å². The standard InChI is InChI=1S/C14H18N7O7P/c1-6-16-2-3-21(6)29(25,26)27-4-7-9(22)10(23)13(28-7)20-5-17-8-11(20)18-14(15)19-12(8)24/h2-3,5,7,9-10,13,22-23H,4H2,1H3,(H,25,26)(H3,15,18,19,24)/p-1. The number of rotatable bonds is 5. The van der Waals surface area contributed by atoms with Gasteiger partial charge in [-0.2, -0.15) is 4.98 Å². The molecule has 1 saturated heterocycles. The SMILES string of the molecule is Cc1nccn1P(=O)(O)OCC1OC(n2cnc3c([O-])nc(N)nc32)C(O)C1O. The van der Waals surface area contributed by atoms with E-state index < -0.39 is 44.8 Å². The van der Waals surface area contributed by atoms with Crippen molar-refractivity contribution in [3.05, 3.63) is 24.5 Å². The average Bonchev–Trinajstić information content (AvgIpc) is 3.33. The summed E-state index contributed by atoms with van der Waals surface area (Å²) in [5.41, 5.74) is 5.42. The molecule has 0 amide bonds. The monoisotopic (exact) mass is 426 g/mol. The summed E-state index contributed by atoms with van der Waals surface area (Å²) in [4.78, 5) is 25.2. The van der Waals surface area contributed by atoms with Crippen LogP contribution in [-0.4, -0.2) is 68.9 Å². The molecular formula is C14H17N7O7P-. The lowest BCUT2D eigenvalue weighted by Crippen LogP contribution is -2.33. The Balaban J connectivity index is 1.55. The van der Waals surface area contributed by atoms with E-state index in [-0.39, 0.29) is 22.9 Å². The maximum Gasteiger partial charge on any atom is 0.437 e. The molecule has 156 valence electrons. The van der Waals surface area contributed by atoms with Gasteiger partial charge in [0.05, 0.1) is 12.9 Å². The predicted octanol–water partition coefficient (Wildman–Crippen LogP) is -1.73. The second-order valence-corrected chi connectivity index (χ2v) is 8.03. The molecule has 5 N–H and O–H groups in total. The third-order valence-electron chi connectivity index (χ3n) is 4.50. The topological polar surface area (TPSA) is 207 Å². The van der Waals surface area contributed by atoms with Gasteiger partial charge in [0.1, 0.15) is 29.7 Å².